The molecule has 1 aromatic rings. The number of rotatable bonds is 4. The molecule has 1 aliphatic heterocycles. The molecule has 0 bridgehead atoms. The van der Waals surface area contributed by atoms with E-state index in [-0.39, 0.29) is 16.5 Å². The minimum absolute atomic E-state index is 0.00587. The van der Waals surface area contributed by atoms with Crippen LogP contribution in [0.5, 0.6) is 0 Å². The largest absolute Gasteiger partial charge is 0.399 e. The van der Waals surface area contributed by atoms with Crippen LogP contribution in [0.1, 0.15) is 30.6 Å². The first kappa shape index (κ1) is 15.3. The van der Waals surface area contributed by atoms with Crippen LogP contribution in [0.3, 0.4) is 0 Å². The molecule has 8 heteroatoms. The van der Waals surface area contributed by atoms with Gasteiger partial charge in [0, 0.05) is 11.7 Å². The normalized spacial score (nSPS) is 17.4. The smallest absolute Gasteiger partial charge is 0.269 e. The first-order chi connectivity index (χ1) is 9.77. The van der Waals surface area contributed by atoms with Gasteiger partial charge in [-0.05, 0) is 31.5 Å². The van der Waals surface area contributed by atoms with Crippen molar-refractivity contribution in [2.45, 2.75) is 31.2 Å². The third kappa shape index (κ3) is 2.71. The van der Waals surface area contributed by atoms with E-state index in [1.807, 2.05) is 6.92 Å². The number of nitrogens with one attached hydrogen (secondary N) is 1. The van der Waals surface area contributed by atoms with Crippen molar-refractivity contribution in [1.29, 1.82) is 0 Å². The summed E-state index contributed by atoms with van der Waals surface area (Å²) in [5.41, 5.74) is 5.87. The summed E-state index contributed by atoms with van der Waals surface area (Å²) in [6, 6.07) is 3.91. The quantitative estimate of drug-likeness (QED) is 0.779. The molecule has 0 aromatic heterocycles. The molecule has 1 aliphatic rings. The molecule has 0 radical (unpaired) electrons. The third-order valence-corrected chi connectivity index (χ3v) is 5.12. The van der Waals surface area contributed by atoms with Gasteiger partial charge in [-0.25, -0.2) is 12.7 Å². The molecule has 0 saturated carbocycles. The van der Waals surface area contributed by atoms with E-state index < -0.39 is 28.4 Å². The predicted octanol–water partition coefficient (Wildman–Crippen LogP) is 0.328. The molecule has 0 spiro atoms. The van der Waals surface area contributed by atoms with E-state index in [0.717, 1.165) is 0 Å². The lowest BCUT2D eigenvalue weighted by Crippen LogP contribution is -2.43. The fourth-order valence-electron chi connectivity index (χ4n) is 2.01. The van der Waals surface area contributed by atoms with Crippen LogP contribution in [0, 0.1) is 0 Å². The number of carbonyl (C=O) groups is 2. The van der Waals surface area contributed by atoms with Gasteiger partial charge in [-0.15, -0.1) is 0 Å². The molecule has 21 heavy (non-hydrogen) atoms. The Balaban J connectivity index is 2.28. The first-order valence-electron chi connectivity index (χ1n) is 6.53. The molecule has 1 unspecified atom stereocenters. The maximum atomic E-state index is 12.3. The molecule has 7 nitrogen and oxygen atoms in total. The Morgan fingerprint density at radius 2 is 2.10 bits per heavy atom. The van der Waals surface area contributed by atoms with Crippen LogP contribution >= 0.6 is 0 Å². The van der Waals surface area contributed by atoms with Crippen molar-refractivity contribution >= 4 is 27.5 Å². The number of nitrogens with two attached hydrogens (primary N) is 1. The van der Waals surface area contributed by atoms with Crippen molar-refractivity contribution in [2.24, 2.45) is 0 Å². The van der Waals surface area contributed by atoms with Crippen molar-refractivity contribution in [2.75, 3.05) is 12.3 Å². The number of carbonyl (C=O) groups excluding carboxylic acids is 2. The molecule has 1 atom stereocenters. The highest BCUT2D eigenvalue weighted by Gasteiger charge is 2.42. The monoisotopic (exact) mass is 311 g/mol. The fraction of sp³-hybridized carbons (Fsp3) is 0.385. The zero-order valence-electron chi connectivity index (χ0n) is 11.8. The van der Waals surface area contributed by atoms with E-state index in [1.54, 1.807) is 6.92 Å². The average molecular weight is 311 g/mol. The Labute approximate surface area is 123 Å². The van der Waals surface area contributed by atoms with Crippen molar-refractivity contribution < 1.29 is 18.0 Å². The summed E-state index contributed by atoms with van der Waals surface area (Å²) in [4.78, 5) is 23.9. The summed E-state index contributed by atoms with van der Waals surface area (Å²) < 4.78 is 25.1. The highest BCUT2D eigenvalue weighted by Crippen LogP contribution is 2.31. The van der Waals surface area contributed by atoms with Gasteiger partial charge in [0.15, 0.2) is 0 Å². The zero-order chi connectivity index (χ0) is 15.8. The summed E-state index contributed by atoms with van der Waals surface area (Å²) in [5, 5.41) is 2.63. The van der Waals surface area contributed by atoms with Gasteiger partial charge >= 0.3 is 0 Å². The van der Waals surface area contributed by atoms with E-state index >= 15 is 0 Å². The molecule has 1 aromatic carbocycles. The summed E-state index contributed by atoms with van der Waals surface area (Å²) in [5.74, 6) is -1.24. The van der Waals surface area contributed by atoms with Crippen LogP contribution in [0.2, 0.25) is 0 Å². The van der Waals surface area contributed by atoms with Crippen molar-refractivity contribution in [3.05, 3.63) is 23.8 Å². The third-order valence-electron chi connectivity index (χ3n) is 3.34. The molecular weight excluding hydrogens is 294 g/mol. The van der Waals surface area contributed by atoms with Gasteiger partial charge in [-0.1, -0.05) is 6.92 Å². The van der Waals surface area contributed by atoms with E-state index in [0.29, 0.717) is 16.4 Å². The molecule has 114 valence electrons. The lowest BCUT2D eigenvalue weighted by molar-refractivity contribution is -0.121. The molecule has 0 fully saturated rings. The van der Waals surface area contributed by atoms with Crippen molar-refractivity contribution in [3.8, 4) is 0 Å². The summed E-state index contributed by atoms with van der Waals surface area (Å²) in [6.07, 6.45) is 0.712. The molecular formula is C13H17N3O4S. The number of benzene rings is 1. The average Bonchev–Trinajstić information content (AvgIpc) is 2.59. The Morgan fingerprint density at radius 3 is 2.71 bits per heavy atom. The first-order valence-corrected chi connectivity index (χ1v) is 7.97. The van der Waals surface area contributed by atoms with Gasteiger partial charge in [-0.2, -0.15) is 0 Å². The second-order valence-electron chi connectivity index (χ2n) is 4.95. The van der Waals surface area contributed by atoms with Crippen LogP contribution in [-0.2, 0) is 14.8 Å². The van der Waals surface area contributed by atoms with Crippen molar-refractivity contribution in [3.63, 3.8) is 0 Å². The summed E-state index contributed by atoms with van der Waals surface area (Å²) in [6.45, 7) is 3.16. The Morgan fingerprint density at radius 1 is 1.43 bits per heavy atom. The van der Waals surface area contributed by atoms with E-state index in [1.165, 1.54) is 18.2 Å². The standard InChI is InChI=1S/C13H17N3O4S/c1-3-8(2)15-12(17)7-16-13(18)10-6-9(14)4-5-11(10)21(16,19)20/h4-6,8H,3,7,14H2,1-2H3,(H,15,17). The number of amides is 2. The van der Waals surface area contributed by atoms with E-state index in [4.69, 9.17) is 5.73 Å². The fourth-order valence-corrected chi connectivity index (χ4v) is 3.52. The van der Waals surface area contributed by atoms with Crippen LogP contribution < -0.4 is 11.1 Å². The molecule has 3 N–H and O–H groups in total. The van der Waals surface area contributed by atoms with Gasteiger partial charge in [0.1, 0.15) is 11.4 Å². The minimum atomic E-state index is -3.98. The van der Waals surface area contributed by atoms with Gasteiger partial charge in [0.25, 0.3) is 15.9 Å². The topological polar surface area (TPSA) is 110 Å². The summed E-state index contributed by atoms with van der Waals surface area (Å²) in [7, 11) is -3.98. The molecule has 2 rings (SSSR count). The Hall–Kier alpha value is -2.09. The number of hydrogen-bond acceptors (Lipinski definition) is 5. The van der Waals surface area contributed by atoms with Crippen LogP contribution in [0.15, 0.2) is 23.1 Å². The van der Waals surface area contributed by atoms with Gasteiger partial charge < -0.3 is 11.1 Å². The lowest BCUT2D eigenvalue weighted by Gasteiger charge is -2.17. The SMILES string of the molecule is CCC(C)NC(=O)CN1C(=O)c2cc(N)ccc2S1(=O)=O. The molecule has 2 amide bonds. The molecule has 0 aliphatic carbocycles. The number of anilines is 1. The second-order valence-corrected chi connectivity index (χ2v) is 6.78. The number of fused-ring (bicyclic) bond motifs is 1. The maximum absolute atomic E-state index is 12.3. The highest BCUT2D eigenvalue weighted by molar-refractivity contribution is 7.90. The minimum Gasteiger partial charge on any atom is -0.399 e. The van der Waals surface area contributed by atoms with E-state index in [2.05, 4.69) is 5.32 Å². The van der Waals surface area contributed by atoms with Crippen molar-refractivity contribution in [1.82, 2.24) is 9.62 Å². The van der Waals surface area contributed by atoms with Gasteiger partial charge in [0.05, 0.1) is 5.56 Å². The Kier molecular flexibility index (Phi) is 3.91. The molecule has 1 heterocycles. The lowest BCUT2D eigenvalue weighted by atomic mass is 10.2. The predicted molar refractivity (Wildman–Crippen MR) is 77.0 cm³/mol. The van der Waals surface area contributed by atoms with Crippen LogP contribution in [-0.4, -0.2) is 37.1 Å². The number of nitrogen functional groups attached to an aromatic ring is 1. The number of hydrogen-bond donors (Lipinski definition) is 2. The molecule has 0 saturated heterocycles. The van der Waals surface area contributed by atoms with Gasteiger partial charge in [-0.3, -0.25) is 9.59 Å². The van der Waals surface area contributed by atoms with E-state index in [9.17, 15) is 18.0 Å². The number of sulfonamides is 1. The Bertz CT molecular complexity index is 699. The maximum Gasteiger partial charge on any atom is 0.269 e. The van der Waals surface area contributed by atoms with Crippen LogP contribution in [0.4, 0.5) is 5.69 Å². The zero-order valence-corrected chi connectivity index (χ0v) is 12.6. The van der Waals surface area contributed by atoms with Gasteiger partial charge in [0.2, 0.25) is 5.91 Å². The highest BCUT2D eigenvalue weighted by atomic mass is 32.2. The summed E-state index contributed by atoms with van der Waals surface area (Å²) >= 11 is 0. The van der Waals surface area contributed by atoms with Crippen LogP contribution in [0.25, 0.3) is 0 Å². The number of nitrogens with zero attached hydrogens (tertiary/aromatic N) is 1. The second kappa shape index (κ2) is 5.36.